The topological polar surface area (TPSA) is 81.4 Å². The Bertz CT molecular complexity index is 446. The summed E-state index contributed by atoms with van der Waals surface area (Å²) in [6.07, 6.45) is 1.27. The molecule has 0 spiro atoms. The van der Waals surface area contributed by atoms with Crippen molar-refractivity contribution in [2.24, 2.45) is 5.73 Å². The molecule has 1 aromatic rings. The number of hydrogen-bond acceptors (Lipinski definition) is 4. The maximum absolute atomic E-state index is 11.7. The van der Waals surface area contributed by atoms with Crippen LogP contribution < -0.4 is 15.2 Å². The average molecular weight is 258 g/mol. The van der Waals surface area contributed by atoms with Crippen molar-refractivity contribution in [2.75, 3.05) is 24.1 Å². The number of benzene rings is 1. The van der Waals surface area contributed by atoms with Gasteiger partial charge in [-0.15, -0.1) is 0 Å². The molecular formula is C11H18N2O3S. The second kappa shape index (κ2) is 6.46. The molecule has 0 radical (unpaired) electrons. The highest BCUT2D eigenvalue weighted by Crippen LogP contribution is 2.18. The third-order valence-electron chi connectivity index (χ3n) is 2.21. The predicted octanol–water partition coefficient (Wildman–Crippen LogP) is 1.18. The third-order valence-corrected chi connectivity index (χ3v) is 3.58. The highest BCUT2D eigenvalue weighted by atomic mass is 32.2. The van der Waals surface area contributed by atoms with Crippen LogP contribution in [-0.2, 0) is 10.0 Å². The van der Waals surface area contributed by atoms with Crippen molar-refractivity contribution in [1.29, 1.82) is 0 Å². The molecule has 1 rings (SSSR count). The first kappa shape index (κ1) is 13.8. The zero-order valence-corrected chi connectivity index (χ0v) is 10.7. The molecule has 0 bridgehead atoms. The molecule has 0 saturated carbocycles. The number of unbranched alkanes of at least 4 members (excludes halogenated alkanes) is 1. The molecule has 6 heteroatoms. The van der Waals surface area contributed by atoms with Crippen molar-refractivity contribution in [2.45, 2.75) is 12.8 Å². The van der Waals surface area contributed by atoms with Crippen LogP contribution in [0.5, 0.6) is 5.75 Å². The Morgan fingerprint density at radius 2 is 2.12 bits per heavy atom. The summed E-state index contributed by atoms with van der Waals surface area (Å²) in [7, 11) is -1.76. The normalized spacial score (nSPS) is 11.2. The van der Waals surface area contributed by atoms with Crippen LogP contribution in [0, 0.1) is 0 Å². The van der Waals surface area contributed by atoms with Gasteiger partial charge < -0.3 is 10.5 Å². The summed E-state index contributed by atoms with van der Waals surface area (Å²) in [5.74, 6) is 0.702. The fourth-order valence-corrected chi connectivity index (χ4v) is 2.53. The molecule has 0 unspecified atom stereocenters. The molecule has 0 aliphatic rings. The van der Waals surface area contributed by atoms with Crippen LogP contribution in [0.15, 0.2) is 24.3 Å². The number of nitrogens with one attached hydrogen (secondary N) is 1. The van der Waals surface area contributed by atoms with E-state index in [1.165, 1.54) is 7.11 Å². The molecule has 17 heavy (non-hydrogen) atoms. The van der Waals surface area contributed by atoms with Crippen molar-refractivity contribution in [3.8, 4) is 5.75 Å². The number of methoxy groups -OCH3 is 1. The molecule has 3 N–H and O–H groups in total. The van der Waals surface area contributed by atoms with Crippen LogP contribution in [0.25, 0.3) is 0 Å². The summed E-state index contributed by atoms with van der Waals surface area (Å²) in [6, 6.07) is 6.81. The van der Waals surface area contributed by atoms with E-state index in [2.05, 4.69) is 4.72 Å². The van der Waals surface area contributed by atoms with E-state index in [1.807, 2.05) is 0 Å². The van der Waals surface area contributed by atoms with Gasteiger partial charge in [0.2, 0.25) is 10.0 Å². The molecule has 0 amide bonds. The Morgan fingerprint density at radius 3 is 2.76 bits per heavy atom. The summed E-state index contributed by atoms with van der Waals surface area (Å²) in [5.41, 5.74) is 5.83. The van der Waals surface area contributed by atoms with Crippen LogP contribution in [0.1, 0.15) is 12.8 Å². The highest BCUT2D eigenvalue weighted by molar-refractivity contribution is 7.92. The lowest BCUT2D eigenvalue weighted by Gasteiger charge is -2.08. The SMILES string of the molecule is COc1cccc(NS(=O)(=O)CCCCN)c1. The Kier molecular flexibility index (Phi) is 5.24. The Hall–Kier alpha value is -1.27. The Balaban J connectivity index is 2.62. The number of rotatable bonds is 7. The smallest absolute Gasteiger partial charge is 0.232 e. The molecule has 0 aliphatic carbocycles. The standard InChI is InChI=1S/C11H18N2O3S/c1-16-11-6-4-5-10(9-11)13-17(14,15)8-3-2-7-12/h4-6,9,13H,2-3,7-8,12H2,1H3. The molecule has 5 nitrogen and oxygen atoms in total. The molecular weight excluding hydrogens is 240 g/mol. The predicted molar refractivity (Wildman–Crippen MR) is 68.7 cm³/mol. The molecule has 0 aromatic heterocycles. The lowest BCUT2D eigenvalue weighted by atomic mass is 10.3. The van der Waals surface area contributed by atoms with Gasteiger partial charge in [0.15, 0.2) is 0 Å². The van der Waals surface area contributed by atoms with E-state index in [0.717, 1.165) is 0 Å². The minimum absolute atomic E-state index is 0.0847. The zero-order valence-electron chi connectivity index (χ0n) is 9.85. The summed E-state index contributed by atoms with van der Waals surface area (Å²) >= 11 is 0. The van der Waals surface area contributed by atoms with Crippen molar-refractivity contribution in [3.63, 3.8) is 0 Å². The second-order valence-corrected chi connectivity index (χ2v) is 5.49. The highest BCUT2D eigenvalue weighted by Gasteiger charge is 2.09. The molecule has 0 fully saturated rings. The van der Waals surface area contributed by atoms with Gasteiger partial charge in [0.25, 0.3) is 0 Å². The minimum Gasteiger partial charge on any atom is -0.497 e. The van der Waals surface area contributed by atoms with E-state index < -0.39 is 10.0 Å². The second-order valence-electron chi connectivity index (χ2n) is 3.65. The van der Waals surface area contributed by atoms with Gasteiger partial charge in [-0.05, 0) is 31.5 Å². The van der Waals surface area contributed by atoms with Crippen LogP contribution >= 0.6 is 0 Å². The summed E-state index contributed by atoms with van der Waals surface area (Å²) in [4.78, 5) is 0. The van der Waals surface area contributed by atoms with Gasteiger partial charge in [0, 0.05) is 6.07 Å². The van der Waals surface area contributed by atoms with Gasteiger partial charge in [-0.2, -0.15) is 0 Å². The van der Waals surface area contributed by atoms with Crippen LogP contribution in [-0.4, -0.2) is 27.8 Å². The number of ether oxygens (including phenoxy) is 1. The first-order chi connectivity index (χ1) is 8.07. The van der Waals surface area contributed by atoms with Crippen molar-refractivity contribution < 1.29 is 13.2 Å². The maximum Gasteiger partial charge on any atom is 0.232 e. The number of sulfonamides is 1. The Labute approximate surface area is 102 Å². The first-order valence-corrected chi connectivity index (χ1v) is 7.07. The number of nitrogens with two attached hydrogens (primary N) is 1. The van der Waals surface area contributed by atoms with Crippen molar-refractivity contribution in [1.82, 2.24) is 0 Å². The molecule has 0 aliphatic heterocycles. The first-order valence-electron chi connectivity index (χ1n) is 5.42. The average Bonchev–Trinajstić information content (AvgIpc) is 2.29. The summed E-state index contributed by atoms with van der Waals surface area (Å²) in [6.45, 7) is 0.509. The number of hydrogen-bond donors (Lipinski definition) is 2. The van der Waals surface area contributed by atoms with Gasteiger partial charge in [-0.25, -0.2) is 8.42 Å². The molecule has 96 valence electrons. The van der Waals surface area contributed by atoms with Gasteiger partial charge in [-0.3, -0.25) is 4.72 Å². The van der Waals surface area contributed by atoms with Gasteiger partial charge >= 0.3 is 0 Å². The van der Waals surface area contributed by atoms with Crippen molar-refractivity contribution >= 4 is 15.7 Å². The van der Waals surface area contributed by atoms with Crippen molar-refractivity contribution in [3.05, 3.63) is 24.3 Å². The zero-order chi connectivity index (χ0) is 12.7. The lowest BCUT2D eigenvalue weighted by molar-refractivity contribution is 0.415. The van der Waals surface area contributed by atoms with E-state index in [1.54, 1.807) is 24.3 Å². The molecule has 1 aromatic carbocycles. The Morgan fingerprint density at radius 1 is 1.35 bits per heavy atom. The van der Waals surface area contributed by atoms with Crippen LogP contribution in [0.3, 0.4) is 0 Å². The third kappa shape index (κ3) is 5.06. The molecule has 0 heterocycles. The minimum atomic E-state index is -3.29. The fraction of sp³-hybridized carbons (Fsp3) is 0.455. The fourth-order valence-electron chi connectivity index (χ4n) is 1.35. The van der Waals surface area contributed by atoms with E-state index in [-0.39, 0.29) is 5.75 Å². The quantitative estimate of drug-likeness (QED) is 0.719. The summed E-state index contributed by atoms with van der Waals surface area (Å²) in [5, 5.41) is 0. The molecule has 0 atom stereocenters. The largest absolute Gasteiger partial charge is 0.497 e. The summed E-state index contributed by atoms with van der Waals surface area (Å²) < 4.78 is 30.9. The van der Waals surface area contributed by atoms with Gasteiger partial charge in [0.05, 0.1) is 18.6 Å². The van der Waals surface area contributed by atoms with E-state index in [9.17, 15) is 8.42 Å². The van der Waals surface area contributed by atoms with Crippen LogP contribution in [0.4, 0.5) is 5.69 Å². The number of anilines is 1. The van der Waals surface area contributed by atoms with E-state index >= 15 is 0 Å². The maximum atomic E-state index is 11.7. The van der Waals surface area contributed by atoms with E-state index in [4.69, 9.17) is 10.5 Å². The van der Waals surface area contributed by atoms with Gasteiger partial charge in [-0.1, -0.05) is 6.07 Å². The van der Waals surface area contributed by atoms with E-state index in [0.29, 0.717) is 30.8 Å². The van der Waals surface area contributed by atoms with Crippen LogP contribution in [0.2, 0.25) is 0 Å². The lowest BCUT2D eigenvalue weighted by Crippen LogP contribution is -2.17. The van der Waals surface area contributed by atoms with Gasteiger partial charge in [0.1, 0.15) is 5.75 Å². The monoisotopic (exact) mass is 258 g/mol. The molecule has 0 saturated heterocycles.